The van der Waals surface area contributed by atoms with Crippen LogP contribution in [-0.2, 0) is 22.9 Å². The van der Waals surface area contributed by atoms with E-state index in [4.69, 9.17) is 4.42 Å². The van der Waals surface area contributed by atoms with Crippen LogP contribution in [0, 0.1) is 6.92 Å². The highest BCUT2D eigenvalue weighted by atomic mass is 32.2. The van der Waals surface area contributed by atoms with Gasteiger partial charge in [-0.15, -0.1) is 10.2 Å². The van der Waals surface area contributed by atoms with Gasteiger partial charge in [-0.3, -0.25) is 4.72 Å². The molecule has 132 valence electrons. The van der Waals surface area contributed by atoms with Crippen LogP contribution in [0.15, 0.2) is 39.8 Å². The lowest BCUT2D eigenvalue weighted by Gasteiger charge is -2.13. The van der Waals surface area contributed by atoms with Crippen molar-refractivity contribution >= 4 is 15.7 Å². The first kappa shape index (κ1) is 17.2. The van der Waals surface area contributed by atoms with Gasteiger partial charge >= 0.3 is 0 Å². The maximum atomic E-state index is 12.7. The monoisotopic (exact) mass is 360 g/mol. The van der Waals surface area contributed by atoms with E-state index in [9.17, 15) is 8.42 Å². The van der Waals surface area contributed by atoms with Gasteiger partial charge in [0.2, 0.25) is 5.89 Å². The molecular weight excluding hydrogens is 340 g/mol. The second-order valence-electron chi connectivity index (χ2n) is 5.67. The highest BCUT2D eigenvalue weighted by Gasteiger charge is 2.20. The minimum atomic E-state index is -3.73. The maximum absolute atomic E-state index is 12.7. The lowest BCUT2D eigenvalue weighted by Crippen LogP contribution is -2.14. The van der Waals surface area contributed by atoms with Crippen molar-refractivity contribution in [2.45, 2.75) is 38.5 Å². The second kappa shape index (κ2) is 6.72. The quantitative estimate of drug-likeness (QED) is 0.702. The predicted octanol–water partition coefficient (Wildman–Crippen LogP) is 3.30. The summed E-state index contributed by atoms with van der Waals surface area (Å²) in [6.45, 7) is 5.77. The summed E-state index contributed by atoms with van der Waals surface area (Å²) < 4.78 is 33.6. The number of rotatable bonds is 6. The summed E-state index contributed by atoms with van der Waals surface area (Å²) in [7, 11) is -3.73. The fourth-order valence-corrected chi connectivity index (χ4v) is 3.69. The van der Waals surface area contributed by atoms with Gasteiger partial charge < -0.3 is 9.40 Å². The number of aromatic nitrogens is 3. The Bertz CT molecular complexity index is 989. The summed E-state index contributed by atoms with van der Waals surface area (Å²) in [5, 5.41) is 7.80. The van der Waals surface area contributed by atoms with Crippen molar-refractivity contribution < 1.29 is 12.8 Å². The molecular formula is C17H20N4O3S. The van der Waals surface area contributed by atoms with Crippen LogP contribution in [0.5, 0.6) is 0 Å². The molecule has 2 heterocycles. The van der Waals surface area contributed by atoms with Gasteiger partial charge in [0, 0.05) is 12.6 Å². The van der Waals surface area contributed by atoms with E-state index < -0.39 is 10.0 Å². The standard InChI is InChI=1S/C17H20N4O3S/c1-4-12-8-6-7-11(3)16(12)21-25(22,23)13-9-14(18-10-13)17-20-19-15(5-2)24-17/h6-10,18,21H,4-5H2,1-3H3. The Kier molecular flexibility index (Phi) is 4.63. The number of aryl methyl sites for hydroxylation is 3. The minimum absolute atomic E-state index is 0.115. The third kappa shape index (κ3) is 3.43. The van der Waals surface area contributed by atoms with Crippen molar-refractivity contribution in [2.24, 2.45) is 0 Å². The van der Waals surface area contributed by atoms with Crippen molar-refractivity contribution in [1.82, 2.24) is 15.2 Å². The van der Waals surface area contributed by atoms with E-state index in [1.807, 2.05) is 39.0 Å². The predicted molar refractivity (Wildman–Crippen MR) is 94.8 cm³/mol. The molecule has 2 N–H and O–H groups in total. The number of anilines is 1. The van der Waals surface area contributed by atoms with E-state index in [-0.39, 0.29) is 10.8 Å². The van der Waals surface area contributed by atoms with Gasteiger partial charge in [0.1, 0.15) is 10.6 Å². The van der Waals surface area contributed by atoms with E-state index in [1.54, 1.807) is 0 Å². The largest absolute Gasteiger partial charge is 0.419 e. The molecule has 2 aromatic heterocycles. The van der Waals surface area contributed by atoms with Crippen LogP contribution < -0.4 is 4.72 Å². The van der Waals surface area contributed by atoms with Crippen molar-refractivity contribution in [3.63, 3.8) is 0 Å². The van der Waals surface area contributed by atoms with Crippen LogP contribution in [0.2, 0.25) is 0 Å². The first-order chi connectivity index (χ1) is 11.9. The second-order valence-corrected chi connectivity index (χ2v) is 7.35. The highest BCUT2D eigenvalue weighted by molar-refractivity contribution is 7.92. The summed E-state index contributed by atoms with van der Waals surface area (Å²) in [6, 6.07) is 7.20. The number of sulfonamides is 1. The van der Waals surface area contributed by atoms with Gasteiger partial charge in [0.25, 0.3) is 15.9 Å². The Morgan fingerprint density at radius 2 is 2.00 bits per heavy atom. The molecule has 0 atom stereocenters. The van der Waals surface area contributed by atoms with Gasteiger partial charge in [-0.05, 0) is 30.5 Å². The molecule has 3 rings (SSSR count). The molecule has 0 fully saturated rings. The van der Waals surface area contributed by atoms with Gasteiger partial charge in [0.15, 0.2) is 0 Å². The number of aromatic amines is 1. The normalized spacial score (nSPS) is 11.6. The number of benzene rings is 1. The zero-order chi connectivity index (χ0) is 18.0. The topological polar surface area (TPSA) is 101 Å². The van der Waals surface area contributed by atoms with Crippen LogP contribution in [0.4, 0.5) is 5.69 Å². The van der Waals surface area contributed by atoms with Crippen LogP contribution in [-0.4, -0.2) is 23.6 Å². The van der Waals surface area contributed by atoms with E-state index in [2.05, 4.69) is 19.9 Å². The van der Waals surface area contributed by atoms with Gasteiger partial charge in [0.05, 0.1) is 5.69 Å². The summed E-state index contributed by atoms with van der Waals surface area (Å²) in [5.74, 6) is 0.767. The Morgan fingerprint density at radius 1 is 1.20 bits per heavy atom. The van der Waals surface area contributed by atoms with E-state index in [1.165, 1.54) is 12.3 Å². The lowest BCUT2D eigenvalue weighted by molar-refractivity contribution is 0.511. The Morgan fingerprint density at radius 3 is 2.68 bits per heavy atom. The third-order valence-corrected chi connectivity index (χ3v) is 5.27. The number of hydrogen-bond donors (Lipinski definition) is 2. The van der Waals surface area contributed by atoms with E-state index in [0.29, 0.717) is 23.7 Å². The number of nitrogens with one attached hydrogen (secondary N) is 2. The van der Waals surface area contributed by atoms with Gasteiger partial charge in [-0.25, -0.2) is 8.42 Å². The van der Waals surface area contributed by atoms with Crippen molar-refractivity contribution in [2.75, 3.05) is 4.72 Å². The third-order valence-electron chi connectivity index (χ3n) is 3.94. The molecule has 1 aromatic carbocycles. The number of H-pyrrole nitrogens is 1. The van der Waals surface area contributed by atoms with Crippen LogP contribution >= 0.6 is 0 Å². The minimum Gasteiger partial charge on any atom is -0.419 e. The van der Waals surface area contributed by atoms with Gasteiger partial charge in [-0.1, -0.05) is 32.0 Å². The molecule has 0 aliphatic carbocycles. The molecule has 0 aliphatic rings. The SMILES string of the molecule is CCc1nnc(-c2cc(S(=O)(=O)Nc3c(C)cccc3CC)c[nH]2)o1. The van der Waals surface area contributed by atoms with Crippen LogP contribution in [0.1, 0.15) is 30.9 Å². The molecule has 0 saturated heterocycles. The molecule has 0 amide bonds. The first-order valence-electron chi connectivity index (χ1n) is 8.07. The number of para-hydroxylation sites is 1. The molecule has 8 heteroatoms. The van der Waals surface area contributed by atoms with Crippen molar-refractivity contribution in [1.29, 1.82) is 0 Å². The molecule has 0 saturated carbocycles. The van der Waals surface area contributed by atoms with Crippen molar-refractivity contribution in [3.8, 4) is 11.6 Å². The summed E-state index contributed by atoms with van der Waals surface area (Å²) in [6.07, 6.45) is 2.77. The lowest BCUT2D eigenvalue weighted by atomic mass is 10.1. The summed E-state index contributed by atoms with van der Waals surface area (Å²) >= 11 is 0. The Balaban J connectivity index is 1.91. The summed E-state index contributed by atoms with van der Waals surface area (Å²) in [4.78, 5) is 2.99. The number of nitrogens with zero attached hydrogens (tertiary/aromatic N) is 2. The van der Waals surface area contributed by atoms with E-state index in [0.717, 1.165) is 17.5 Å². The molecule has 3 aromatic rings. The molecule has 25 heavy (non-hydrogen) atoms. The highest BCUT2D eigenvalue weighted by Crippen LogP contribution is 2.26. The molecule has 0 bridgehead atoms. The molecule has 0 aliphatic heterocycles. The Hall–Kier alpha value is -2.61. The average molecular weight is 360 g/mol. The zero-order valence-electron chi connectivity index (χ0n) is 14.3. The number of hydrogen-bond acceptors (Lipinski definition) is 5. The molecule has 0 unspecified atom stereocenters. The van der Waals surface area contributed by atoms with Crippen LogP contribution in [0.3, 0.4) is 0 Å². The first-order valence-corrected chi connectivity index (χ1v) is 9.55. The zero-order valence-corrected chi connectivity index (χ0v) is 15.1. The molecule has 0 spiro atoms. The van der Waals surface area contributed by atoms with Crippen molar-refractivity contribution in [3.05, 3.63) is 47.5 Å². The smallest absolute Gasteiger partial charge is 0.264 e. The fourth-order valence-electron chi connectivity index (χ4n) is 2.52. The van der Waals surface area contributed by atoms with Gasteiger partial charge in [-0.2, -0.15) is 0 Å². The van der Waals surface area contributed by atoms with Crippen LogP contribution in [0.25, 0.3) is 11.6 Å². The molecule has 7 nitrogen and oxygen atoms in total. The molecule has 0 radical (unpaired) electrons. The van der Waals surface area contributed by atoms with E-state index >= 15 is 0 Å². The Labute approximate surface area is 146 Å². The summed E-state index contributed by atoms with van der Waals surface area (Å²) in [5.41, 5.74) is 2.92. The maximum Gasteiger partial charge on any atom is 0.264 e. The average Bonchev–Trinajstić information content (AvgIpc) is 3.25. The fraction of sp³-hybridized carbons (Fsp3) is 0.294.